The highest BCUT2D eigenvalue weighted by atomic mass is 16.4. The van der Waals surface area contributed by atoms with Crippen LogP contribution in [0, 0.1) is 0 Å². The molecule has 4 N–H and O–H groups in total. The lowest BCUT2D eigenvalue weighted by Crippen LogP contribution is -2.29. The maximum absolute atomic E-state index is 10.3. The third-order valence-electron chi connectivity index (χ3n) is 1.74. The quantitative estimate of drug-likeness (QED) is 0.487. The second kappa shape index (κ2) is 7.06. The molecule has 1 atom stereocenters. The summed E-state index contributed by atoms with van der Waals surface area (Å²) in [4.78, 5) is 10.3. The number of carboxylic acid groups (broad SMARTS) is 1. The van der Waals surface area contributed by atoms with Crippen LogP contribution in [0.25, 0.3) is 0 Å². The second-order valence-corrected chi connectivity index (χ2v) is 2.87. The van der Waals surface area contributed by atoms with Crippen molar-refractivity contribution in [2.24, 2.45) is 5.73 Å². The molecule has 0 bridgehead atoms. The Kier molecular flexibility index (Phi) is 6.70. The molecule has 0 fully saturated rings. The molecule has 0 rings (SSSR count). The van der Waals surface area contributed by atoms with Gasteiger partial charge in [0.2, 0.25) is 0 Å². The minimum Gasteiger partial charge on any atom is -0.480 e. The van der Waals surface area contributed by atoms with Crippen molar-refractivity contribution in [3.05, 3.63) is 0 Å². The number of hydrogen-bond donors (Lipinski definition) is 3. The molecule has 0 saturated carbocycles. The molecule has 0 aromatic carbocycles. The molecule has 4 heteroatoms. The van der Waals surface area contributed by atoms with Gasteiger partial charge in [-0.1, -0.05) is 19.3 Å². The van der Waals surface area contributed by atoms with Crippen LogP contribution in [0.3, 0.4) is 0 Å². The smallest absolute Gasteiger partial charge is 0.320 e. The summed E-state index contributed by atoms with van der Waals surface area (Å²) in [6, 6.07) is -0.723. The summed E-state index contributed by atoms with van der Waals surface area (Å²) in [6.45, 7) is 0.213. The maximum Gasteiger partial charge on any atom is 0.320 e. The predicted molar refractivity (Wildman–Crippen MR) is 45.8 cm³/mol. The molecule has 0 saturated heterocycles. The molecule has 0 aliphatic heterocycles. The van der Waals surface area contributed by atoms with E-state index in [-0.39, 0.29) is 6.61 Å². The lowest BCUT2D eigenvalue weighted by atomic mass is 10.1. The number of carbonyl (C=O) groups is 1. The van der Waals surface area contributed by atoms with Gasteiger partial charge in [0.05, 0.1) is 0 Å². The molecule has 0 radical (unpaired) electrons. The average Bonchev–Trinajstić information content (AvgIpc) is 2.03. The molecule has 0 heterocycles. The lowest BCUT2D eigenvalue weighted by Gasteiger charge is -2.04. The molecule has 0 aromatic heterocycles. The topological polar surface area (TPSA) is 83.5 Å². The third kappa shape index (κ3) is 6.12. The average molecular weight is 175 g/mol. The monoisotopic (exact) mass is 175 g/mol. The first-order valence-corrected chi connectivity index (χ1v) is 4.27. The maximum atomic E-state index is 10.3. The molecular weight excluding hydrogens is 158 g/mol. The van der Waals surface area contributed by atoms with Gasteiger partial charge in [-0.25, -0.2) is 0 Å². The van der Waals surface area contributed by atoms with E-state index in [9.17, 15) is 4.79 Å². The largest absolute Gasteiger partial charge is 0.480 e. The fraction of sp³-hybridized carbons (Fsp3) is 0.875. The van der Waals surface area contributed by atoms with Crippen LogP contribution in [-0.2, 0) is 4.79 Å². The number of aliphatic hydroxyl groups excluding tert-OH is 1. The molecular formula is C8H17NO3. The van der Waals surface area contributed by atoms with E-state index >= 15 is 0 Å². The molecule has 0 amide bonds. The van der Waals surface area contributed by atoms with Crippen molar-refractivity contribution >= 4 is 5.97 Å². The Bertz CT molecular complexity index is 127. The van der Waals surface area contributed by atoms with E-state index in [0.29, 0.717) is 6.42 Å². The normalized spacial score (nSPS) is 12.8. The minimum absolute atomic E-state index is 0.213. The van der Waals surface area contributed by atoms with E-state index in [1.165, 1.54) is 0 Å². The Morgan fingerprint density at radius 1 is 1.25 bits per heavy atom. The van der Waals surface area contributed by atoms with Gasteiger partial charge in [0.15, 0.2) is 0 Å². The van der Waals surface area contributed by atoms with Gasteiger partial charge >= 0.3 is 5.97 Å². The molecule has 0 spiro atoms. The van der Waals surface area contributed by atoms with Gasteiger partial charge in [-0.3, -0.25) is 4.79 Å². The highest BCUT2D eigenvalue weighted by molar-refractivity contribution is 5.72. The Balaban J connectivity index is 3.14. The van der Waals surface area contributed by atoms with Crippen LogP contribution in [0.1, 0.15) is 32.1 Å². The van der Waals surface area contributed by atoms with E-state index in [0.717, 1.165) is 25.7 Å². The molecule has 4 nitrogen and oxygen atoms in total. The third-order valence-corrected chi connectivity index (χ3v) is 1.74. The van der Waals surface area contributed by atoms with Crippen LogP contribution < -0.4 is 5.73 Å². The van der Waals surface area contributed by atoms with Gasteiger partial charge < -0.3 is 15.9 Å². The van der Waals surface area contributed by atoms with Gasteiger partial charge in [-0.2, -0.15) is 0 Å². The summed E-state index contributed by atoms with van der Waals surface area (Å²) in [5.41, 5.74) is 5.28. The zero-order valence-electron chi connectivity index (χ0n) is 7.20. The standard InChI is InChI=1S/C8H17NO3/c9-7(8(11)12)5-3-1-2-4-6-10/h7,10H,1-6,9H2,(H,11,12). The van der Waals surface area contributed by atoms with E-state index < -0.39 is 12.0 Å². The summed E-state index contributed by atoms with van der Waals surface area (Å²) in [7, 11) is 0. The summed E-state index contributed by atoms with van der Waals surface area (Å²) in [6.07, 6.45) is 4.04. The van der Waals surface area contributed by atoms with Crippen LogP contribution in [-0.4, -0.2) is 28.8 Å². The van der Waals surface area contributed by atoms with Gasteiger partial charge in [0, 0.05) is 6.61 Å². The van der Waals surface area contributed by atoms with Crippen LogP contribution in [0.5, 0.6) is 0 Å². The zero-order valence-corrected chi connectivity index (χ0v) is 7.20. The summed E-state index contributed by atoms with van der Waals surface area (Å²) >= 11 is 0. The van der Waals surface area contributed by atoms with Crippen molar-refractivity contribution in [1.82, 2.24) is 0 Å². The van der Waals surface area contributed by atoms with E-state index in [1.54, 1.807) is 0 Å². The first-order valence-electron chi connectivity index (χ1n) is 4.27. The molecule has 0 aromatic rings. The Hall–Kier alpha value is -0.610. The summed E-state index contributed by atoms with van der Waals surface area (Å²) < 4.78 is 0. The fourth-order valence-electron chi connectivity index (χ4n) is 0.953. The Labute approximate surface area is 72.4 Å². The predicted octanol–water partition coefficient (Wildman–Crippen LogP) is 0.341. The van der Waals surface area contributed by atoms with Gasteiger partial charge in [-0.15, -0.1) is 0 Å². The SMILES string of the molecule is NC(CCCCCCO)C(=O)O. The van der Waals surface area contributed by atoms with Crippen molar-refractivity contribution in [3.8, 4) is 0 Å². The number of unbranched alkanes of at least 4 members (excludes halogenated alkanes) is 3. The molecule has 0 aliphatic rings. The molecule has 72 valence electrons. The van der Waals surface area contributed by atoms with Gasteiger partial charge in [0.25, 0.3) is 0 Å². The van der Waals surface area contributed by atoms with Crippen molar-refractivity contribution < 1.29 is 15.0 Å². The molecule has 1 unspecified atom stereocenters. The first kappa shape index (κ1) is 11.4. The fourth-order valence-corrected chi connectivity index (χ4v) is 0.953. The van der Waals surface area contributed by atoms with Gasteiger partial charge in [-0.05, 0) is 12.8 Å². The van der Waals surface area contributed by atoms with E-state index in [1.807, 2.05) is 0 Å². The number of nitrogens with two attached hydrogens (primary N) is 1. The summed E-state index contributed by atoms with van der Waals surface area (Å²) in [5.74, 6) is -0.933. The number of aliphatic hydroxyl groups is 1. The van der Waals surface area contributed by atoms with Crippen molar-refractivity contribution in [3.63, 3.8) is 0 Å². The molecule has 12 heavy (non-hydrogen) atoms. The van der Waals surface area contributed by atoms with Crippen molar-refractivity contribution in [2.75, 3.05) is 6.61 Å². The Morgan fingerprint density at radius 3 is 2.33 bits per heavy atom. The number of aliphatic carboxylic acids is 1. The highest BCUT2D eigenvalue weighted by Gasteiger charge is 2.09. The minimum atomic E-state index is -0.933. The van der Waals surface area contributed by atoms with Crippen molar-refractivity contribution in [1.29, 1.82) is 0 Å². The van der Waals surface area contributed by atoms with E-state index in [2.05, 4.69) is 0 Å². The Morgan fingerprint density at radius 2 is 1.83 bits per heavy atom. The van der Waals surface area contributed by atoms with Crippen LogP contribution in [0.4, 0.5) is 0 Å². The van der Waals surface area contributed by atoms with Crippen LogP contribution in [0.2, 0.25) is 0 Å². The number of carboxylic acids is 1. The highest BCUT2D eigenvalue weighted by Crippen LogP contribution is 2.04. The second-order valence-electron chi connectivity index (χ2n) is 2.87. The zero-order chi connectivity index (χ0) is 9.40. The van der Waals surface area contributed by atoms with Crippen LogP contribution >= 0.6 is 0 Å². The van der Waals surface area contributed by atoms with Crippen molar-refractivity contribution in [2.45, 2.75) is 38.1 Å². The first-order chi connectivity index (χ1) is 5.68. The van der Waals surface area contributed by atoms with Crippen LogP contribution in [0.15, 0.2) is 0 Å². The van der Waals surface area contributed by atoms with Gasteiger partial charge in [0.1, 0.15) is 6.04 Å². The number of rotatable bonds is 7. The van der Waals surface area contributed by atoms with E-state index in [4.69, 9.17) is 15.9 Å². The summed E-state index contributed by atoms with van der Waals surface area (Å²) in [5, 5.41) is 16.9. The lowest BCUT2D eigenvalue weighted by molar-refractivity contribution is -0.138. The molecule has 0 aliphatic carbocycles. The number of hydrogen-bond acceptors (Lipinski definition) is 3.